The number of carbonyl (C=O) groups is 3. The Morgan fingerprint density at radius 3 is 0.806 bits per heavy atom. The van der Waals surface area contributed by atoms with Gasteiger partial charge in [-0.25, -0.2) is 14.4 Å². The number of hydrogen-bond donors (Lipinski definition) is 0. The second-order valence-electron chi connectivity index (χ2n) is 5.21. The van der Waals surface area contributed by atoms with E-state index in [1.165, 1.54) is 36.4 Å². The second kappa shape index (κ2) is 16.3. The molecule has 156 valence electrons. The Balaban J connectivity index is 0.000000429. The molecule has 0 aromatic heterocycles. The van der Waals surface area contributed by atoms with Gasteiger partial charge in [0.2, 0.25) is 0 Å². The molecule has 0 aliphatic rings. The summed E-state index contributed by atoms with van der Waals surface area (Å²) in [4.78, 5) is 41.2. The van der Waals surface area contributed by atoms with Crippen molar-refractivity contribution in [3.05, 3.63) is 108 Å². The summed E-state index contributed by atoms with van der Waals surface area (Å²) in [6.07, 6.45) is 0. The van der Waals surface area contributed by atoms with Crippen LogP contribution in [-0.4, -0.2) is 35.3 Å². The zero-order chi connectivity index (χ0) is 22.2. The van der Waals surface area contributed by atoms with Crippen LogP contribution in [0.1, 0.15) is 31.1 Å². The van der Waals surface area contributed by atoms with Gasteiger partial charge in [0, 0.05) is 0 Å². The van der Waals surface area contributed by atoms with Gasteiger partial charge in [0.15, 0.2) is 0 Å². The Labute approximate surface area is 188 Å². The predicted molar refractivity (Wildman–Crippen MR) is 101 cm³/mol. The molecule has 3 aromatic rings. The van der Waals surface area contributed by atoms with Crippen molar-refractivity contribution in [2.45, 2.75) is 0 Å². The Morgan fingerprint density at radius 1 is 0.452 bits per heavy atom. The monoisotopic (exact) mass is 438 g/mol. The largest absolute Gasteiger partial charge is 3.00 e. The molecular weight excluding hydrogens is 423 g/mol. The summed E-state index contributed by atoms with van der Waals surface area (Å²) < 4.78 is 0. The predicted octanol–water partition coefficient (Wildman–Crippen LogP) is -0.0247. The normalized spacial score (nSPS) is 8.61. The fourth-order valence-corrected chi connectivity index (χ4v) is 1.87. The van der Waals surface area contributed by atoms with Crippen molar-refractivity contribution in [3.8, 4) is 0 Å². The van der Waals surface area contributed by atoms with Crippen LogP contribution in [0.25, 0.3) is 0 Å². The van der Waals surface area contributed by atoms with E-state index in [0.29, 0.717) is 0 Å². The van der Waals surface area contributed by atoms with Crippen molar-refractivity contribution in [2.24, 2.45) is 0 Å². The van der Waals surface area contributed by atoms with Crippen molar-refractivity contribution < 1.29 is 44.8 Å². The Morgan fingerprint density at radius 2 is 0.645 bits per heavy atom. The molecule has 0 fully saturated rings. The van der Waals surface area contributed by atoms with Crippen LogP contribution in [0, 0.1) is 0 Å². The first-order valence-electron chi connectivity index (χ1n) is 8.21. The molecule has 0 radical (unpaired) electrons. The summed E-state index contributed by atoms with van der Waals surface area (Å²) in [5, 5.41) is 28.7. The van der Waals surface area contributed by atoms with Crippen molar-refractivity contribution in [2.75, 3.05) is 0 Å². The first kappa shape index (κ1) is 27.5. The Kier molecular flexibility index (Phi) is 14.4. The van der Waals surface area contributed by atoms with Gasteiger partial charge in [0.05, 0.1) is 16.7 Å². The average Bonchev–Trinajstić information content (AvgIpc) is 2.85. The van der Waals surface area contributed by atoms with Crippen molar-refractivity contribution in [3.63, 3.8) is 0 Å². The average molecular weight is 438 g/mol. The molecule has 0 aliphatic heterocycles. The van der Waals surface area contributed by atoms with Gasteiger partial charge in [0.1, 0.15) is 0 Å². The molecule has 0 N–H and O–H groups in total. The summed E-state index contributed by atoms with van der Waals surface area (Å²) in [5.74, 6) is -2.54. The first-order chi connectivity index (χ1) is 14.5. The van der Waals surface area contributed by atoms with E-state index in [1.54, 1.807) is 54.6 Å². The second-order valence-corrected chi connectivity index (χ2v) is 5.21. The van der Waals surface area contributed by atoms with Gasteiger partial charge in [0.25, 0.3) is 0 Å². The first-order valence-corrected chi connectivity index (χ1v) is 8.21. The van der Waals surface area contributed by atoms with Gasteiger partial charge >= 0.3 is 35.3 Å². The molecule has 0 heterocycles. The van der Waals surface area contributed by atoms with E-state index in [-0.39, 0.29) is 34.1 Å². The zero-order valence-corrected chi connectivity index (χ0v) is 17.1. The van der Waals surface area contributed by atoms with Gasteiger partial charge in [-0.3, -0.25) is 0 Å². The molecule has 0 spiro atoms. The van der Waals surface area contributed by atoms with Crippen LogP contribution in [0.5, 0.6) is 0 Å². The van der Waals surface area contributed by atoms with Crippen LogP contribution < -0.4 is 15.8 Å². The molecule has 0 bridgehead atoms. The Bertz CT molecular complexity index is 781. The topological polar surface area (TPSA) is 148 Å². The van der Waals surface area contributed by atoms with Crippen LogP contribution in [-0.2, 0) is 14.7 Å². The smallest absolute Gasteiger partial charge is 0.661 e. The molecule has 0 aliphatic carbocycles. The molecule has 10 heteroatoms. The minimum atomic E-state index is -0.847. The van der Waals surface area contributed by atoms with Gasteiger partial charge in [-0.15, -0.1) is 0 Å². The summed E-state index contributed by atoms with van der Waals surface area (Å²) in [6.45, 7) is 0. The maximum atomic E-state index is 10.5. The van der Waals surface area contributed by atoms with E-state index < -0.39 is 17.9 Å². The maximum Gasteiger partial charge on any atom is 3.00 e. The molecule has 3 aromatic carbocycles. The molecular formula is C21H15AlO9. The van der Waals surface area contributed by atoms with Crippen LogP contribution in [0.4, 0.5) is 0 Å². The van der Waals surface area contributed by atoms with Gasteiger partial charge in [-0.1, -0.05) is 54.6 Å². The van der Waals surface area contributed by atoms with E-state index in [1.807, 2.05) is 0 Å². The number of hydrogen-bond acceptors (Lipinski definition) is 9. The van der Waals surface area contributed by atoms with Crippen LogP contribution in [0.15, 0.2) is 91.0 Å². The molecule has 0 saturated carbocycles. The summed E-state index contributed by atoms with van der Waals surface area (Å²) >= 11 is 0. The van der Waals surface area contributed by atoms with E-state index >= 15 is 0 Å². The molecule has 3 rings (SSSR count). The molecule has 0 amide bonds. The third-order valence-electron chi connectivity index (χ3n) is 3.26. The fourth-order valence-electron chi connectivity index (χ4n) is 1.87. The third-order valence-corrected chi connectivity index (χ3v) is 3.26. The van der Waals surface area contributed by atoms with Crippen LogP contribution in [0.2, 0.25) is 0 Å². The van der Waals surface area contributed by atoms with E-state index in [4.69, 9.17) is 0 Å². The number of rotatable bonds is 3. The van der Waals surface area contributed by atoms with E-state index in [9.17, 15) is 30.2 Å². The third kappa shape index (κ3) is 10.7. The SMILES string of the molecule is O=C(O[O-])c1ccccc1.O=C(O[O-])c1ccccc1.O=C(O[O-])c1ccccc1.[Al+3]. The molecule has 0 saturated heterocycles. The van der Waals surface area contributed by atoms with Crippen LogP contribution in [0.3, 0.4) is 0 Å². The number of carbonyl (C=O) groups excluding carboxylic acids is 3. The zero-order valence-electron chi connectivity index (χ0n) is 15.9. The van der Waals surface area contributed by atoms with Gasteiger partial charge < -0.3 is 30.4 Å². The van der Waals surface area contributed by atoms with E-state index in [2.05, 4.69) is 14.7 Å². The van der Waals surface area contributed by atoms with Crippen molar-refractivity contribution in [1.29, 1.82) is 0 Å². The van der Waals surface area contributed by atoms with Crippen molar-refractivity contribution in [1.82, 2.24) is 0 Å². The molecule has 0 atom stereocenters. The van der Waals surface area contributed by atoms with E-state index in [0.717, 1.165) is 0 Å². The summed E-state index contributed by atoms with van der Waals surface area (Å²) in [7, 11) is 0. The minimum absolute atomic E-state index is 0. The minimum Gasteiger partial charge on any atom is -0.661 e. The fraction of sp³-hybridized carbons (Fsp3) is 0. The van der Waals surface area contributed by atoms with Gasteiger partial charge in [-0.2, -0.15) is 0 Å². The number of benzene rings is 3. The standard InChI is InChI=1S/3C7H6O3.Al/c3*8-7(10-9)6-4-2-1-3-5-6;/h3*1-5,9H;/q;;;+3/p-3. The van der Waals surface area contributed by atoms with Crippen LogP contribution >= 0.6 is 0 Å². The maximum absolute atomic E-state index is 10.5. The van der Waals surface area contributed by atoms with Crippen molar-refractivity contribution >= 4 is 35.3 Å². The molecule has 31 heavy (non-hydrogen) atoms. The quantitative estimate of drug-likeness (QED) is 0.312. The molecule has 9 nitrogen and oxygen atoms in total. The summed E-state index contributed by atoms with van der Waals surface area (Å²) in [6, 6.07) is 24.3. The summed E-state index contributed by atoms with van der Waals surface area (Å²) in [5.41, 5.74) is 0.826. The molecule has 0 unspecified atom stereocenters. The van der Waals surface area contributed by atoms with Gasteiger partial charge in [-0.05, 0) is 36.4 Å². The Hall–Kier alpha value is -3.52.